The van der Waals surface area contributed by atoms with Gasteiger partial charge in [0.1, 0.15) is 27.5 Å². The summed E-state index contributed by atoms with van der Waals surface area (Å²) in [6.07, 6.45) is 1.69. The third kappa shape index (κ3) is 4.76. The van der Waals surface area contributed by atoms with Gasteiger partial charge in [-0.15, -0.1) is 0 Å². The third-order valence-corrected chi connectivity index (χ3v) is 6.00. The van der Waals surface area contributed by atoms with Gasteiger partial charge in [-0.25, -0.2) is 4.98 Å². The Hall–Kier alpha value is -3.36. The number of hydrogen-bond acceptors (Lipinski definition) is 7. The van der Waals surface area contributed by atoms with Crippen molar-refractivity contribution in [2.24, 2.45) is 0 Å². The summed E-state index contributed by atoms with van der Waals surface area (Å²) in [6.45, 7) is 0.0762. The number of pyridine rings is 1. The lowest BCUT2D eigenvalue weighted by Gasteiger charge is -2.19. The van der Waals surface area contributed by atoms with Crippen molar-refractivity contribution in [1.82, 2.24) is 9.97 Å². The first-order valence-corrected chi connectivity index (χ1v) is 10.9. The molecule has 2 aromatic heterocycles. The molecular formula is C23H20ClN3O4S. The number of nitrogens with zero attached hydrogens (tertiary/aromatic N) is 3. The molecule has 7 nitrogen and oxygen atoms in total. The van der Waals surface area contributed by atoms with E-state index in [2.05, 4.69) is 4.98 Å². The van der Waals surface area contributed by atoms with Gasteiger partial charge in [0.25, 0.3) is 5.91 Å². The number of halogens is 1. The number of thiazole rings is 1. The summed E-state index contributed by atoms with van der Waals surface area (Å²) in [7, 11) is 3.18. The lowest BCUT2D eigenvalue weighted by atomic mass is 10.3. The van der Waals surface area contributed by atoms with Crippen LogP contribution in [0.25, 0.3) is 10.2 Å². The molecule has 164 valence electrons. The minimum Gasteiger partial charge on any atom is -0.495 e. The molecule has 0 aliphatic heterocycles. The Morgan fingerprint density at radius 1 is 1.03 bits per heavy atom. The molecule has 0 saturated heterocycles. The quantitative estimate of drug-likeness (QED) is 0.362. The van der Waals surface area contributed by atoms with Crippen molar-refractivity contribution < 1.29 is 19.0 Å². The summed E-state index contributed by atoms with van der Waals surface area (Å²) >= 11 is 7.26. The molecule has 0 spiro atoms. The van der Waals surface area contributed by atoms with Gasteiger partial charge in [0.05, 0.1) is 26.5 Å². The molecule has 2 heterocycles. The van der Waals surface area contributed by atoms with Crippen molar-refractivity contribution in [2.75, 3.05) is 25.7 Å². The fourth-order valence-electron chi connectivity index (χ4n) is 3.06. The van der Waals surface area contributed by atoms with Crippen molar-refractivity contribution in [1.29, 1.82) is 0 Å². The summed E-state index contributed by atoms with van der Waals surface area (Å²) in [6, 6.07) is 16.0. The van der Waals surface area contributed by atoms with Crippen LogP contribution in [0.3, 0.4) is 0 Å². The molecule has 2 aromatic carbocycles. The number of benzene rings is 2. The average Bonchev–Trinajstić information content (AvgIpc) is 3.27. The molecule has 4 rings (SSSR count). The summed E-state index contributed by atoms with van der Waals surface area (Å²) in [5.74, 6) is 1.55. The molecule has 9 heteroatoms. The van der Waals surface area contributed by atoms with E-state index in [1.165, 1.54) is 11.3 Å². The van der Waals surface area contributed by atoms with Gasteiger partial charge in [0.15, 0.2) is 11.7 Å². The van der Waals surface area contributed by atoms with Crippen LogP contribution in [-0.2, 0) is 11.3 Å². The minimum atomic E-state index is -0.261. The summed E-state index contributed by atoms with van der Waals surface area (Å²) in [5, 5.41) is 1.09. The SMILES string of the molecule is COc1ccc(OC)c2sc(N(Cc3ccccn3)C(=O)COc3ccc(Cl)cc3)nc12. The molecular weight excluding hydrogens is 450 g/mol. The number of carbonyl (C=O) groups excluding carboxylic acids is 1. The molecule has 0 aliphatic carbocycles. The molecule has 0 bridgehead atoms. The molecule has 0 N–H and O–H groups in total. The Bertz CT molecular complexity index is 1170. The monoisotopic (exact) mass is 469 g/mol. The van der Waals surface area contributed by atoms with Crippen LogP contribution in [-0.4, -0.2) is 36.7 Å². The van der Waals surface area contributed by atoms with Crippen LogP contribution in [0.15, 0.2) is 60.8 Å². The molecule has 32 heavy (non-hydrogen) atoms. The van der Waals surface area contributed by atoms with E-state index in [4.69, 9.17) is 30.8 Å². The number of carbonyl (C=O) groups is 1. The summed E-state index contributed by atoms with van der Waals surface area (Å²) < 4.78 is 17.4. The minimum absolute atomic E-state index is 0.168. The van der Waals surface area contributed by atoms with E-state index in [9.17, 15) is 4.79 Å². The van der Waals surface area contributed by atoms with E-state index in [1.54, 1.807) is 55.6 Å². The first-order valence-electron chi connectivity index (χ1n) is 9.69. The number of ether oxygens (including phenoxy) is 3. The van der Waals surface area contributed by atoms with Gasteiger partial charge < -0.3 is 14.2 Å². The lowest BCUT2D eigenvalue weighted by molar-refractivity contribution is -0.120. The van der Waals surface area contributed by atoms with Crippen LogP contribution in [0, 0.1) is 0 Å². The van der Waals surface area contributed by atoms with E-state index in [-0.39, 0.29) is 19.1 Å². The van der Waals surface area contributed by atoms with Crippen molar-refractivity contribution in [2.45, 2.75) is 6.54 Å². The second-order valence-corrected chi connectivity index (χ2v) is 8.10. The second-order valence-electron chi connectivity index (χ2n) is 6.69. The molecule has 0 aliphatic rings. The highest BCUT2D eigenvalue weighted by molar-refractivity contribution is 7.22. The molecule has 0 atom stereocenters. The standard InChI is InChI=1S/C23H20ClN3O4S/c1-29-18-10-11-19(30-2)22-21(18)26-23(32-22)27(13-16-5-3-4-12-25-16)20(28)14-31-17-8-6-15(24)7-9-17/h3-12H,13-14H2,1-2H3. The van der Waals surface area contributed by atoms with Gasteiger partial charge >= 0.3 is 0 Å². The zero-order chi connectivity index (χ0) is 22.5. The van der Waals surface area contributed by atoms with Gasteiger partial charge in [-0.05, 0) is 48.5 Å². The molecule has 4 aromatic rings. The van der Waals surface area contributed by atoms with Crippen LogP contribution >= 0.6 is 22.9 Å². The third-order valence-electron chi connectivity index (χ3n) is 4.65. The van der Waals surface area contributed by atoms with E-state index >= 15 is 0 Å². The maximum Gasteiger partial charge on any atom is 0.267 e. The van der Waals surface area contributed by atoms with Gasteiger partial charge in [0.2, 0.25) is 0 Å². The first kappa shape index (κ1) is 21.9. The Balaban J connectivity index is 1.67. The Labute approximate surface area is 194 Å². The van der Waals surface area contributed by atoms with Gasteiger partial charge in [-0.3, -0.25) is 14.7 Å². The van der Waals surface area contributed by atoms with Crippen LogP contribution in [0.4, 0.5) is 5.13 Å². The number of rotatable bonds is 8. The first-order chi connectivity index (χ1) is 15.6. The Morgan fingerprint density at radius 2 is 1.78 bits per heavy atom. The number of methoxy groups -OCH3 is 2. The number of anilines is 1. The maximum absolute atomic E-state index is 13.2. The molecule has 0 saturated carbocycles. The van der Waals surface area contributed by atoms with Crippen LogP contribution in [0.5, 0.6) is 17.2 Å². The summed E-state index contributed by atoms with van der Waals surface area (Å²) in [5.41, 5.74) is 1.36. The fraction of sp³-hybridized carbons (Fsp3) is 0.174. The molecule has 0 fully saturated rings. The highest BCUT2D eigenvalue weighted by Gasteiger charge is 2.23. The van der Waals surface area contributed by atoms with Crippen LogP contribution in [0.2, 0.25) is 5.02 Å². The predicted octanol–water partition coefficient (Wildman–Crippen LogP) is 4.97. The Morgan fingerprint density at radius 3 is 2.47 bits per heavy atom. The van der Waals surface area contributed by atoms with Crippen molar-refractivity contribution in [3.63, 3.8) is 0 Å². The fourth-order valence-corrected chi connectivity index (χ4v) is 4.28. The van der Waals surface area contributed by atoms with Crippen molar-refractivity contribution >= 4 is 44.2 Å². The van der Waals surface area contributed by atoms with E-state index in [0.29, 0.717) is 32.9 Å². The maximum atomic E-state index is 13.2. The van der Waals surface area contributed by atoms with E-state index in [1.807, 2.05) is 24.3 Å². The molecule has 1 amide bonds. The number of hydrogen-bond donors (Lipinski definition) is 0. The number of aromatic nitrogens is 2. The topological polar surface area (TPSA) is 73.8 Å². The lowest BCUT2D eigenvalue weighted by Crippen LogP contribution is -2.34. The van der Waals surface area contributed by atoms with Gasteiger partial charge in [-0.2, -0.15) is 0 Å². The van der Waals surface area contributed by atoms with E-state index in [0.717, 1.165) is 10.4 Å². The number of amides is 1. The van der Waals surface area contributed by atoms with Crippen molar-refractivity contribution in [3.8, 4) is 17.2 Å². The van der Waals surface area contributed by atoms with Crippen LogP contribution < -0.4 is 19.1 Å². The molecule has 0 unspecified atom stereocenters. The van der Waals surface area contributed by atoms with E-state index < -0.39 is 0 Å². The van der Waals surface area contributed by atoms with Gasteiger partial charge in [-0.1, -0.05) is 29.0 Å². The largest absolute Gasteiger partial charge is 0.495 e. The molecule has 0 radical (unpaired) electrons. The number of fused-ring (bicyclic) bond motifs is 1. The smallest absolute Gasteiger partial charge is 0.267 e. The normalized spacial score (nSPS) is 10.7. The van der Waals surface area contributed by atoms with Crippen molar-refractivity contribution in [3.05, 3.63) is 71.5 Å². The predicted molar refractivity (Wildman–Crippen MR) is 125 cm³/mol. The van der Waals surface area contributed by atoms with Gasteiger partial charge in [0, 0.05) is 11.2 Å². The highest BCUT2D eigenvalue weighted by Crippen LogP contribution is 2.40. The zero-order valence-electron chi connectivity index (χ0n) is 17.4. The second kappa shape index (κ2) is 9.84. The summed E-state index contributed by atoms with van der Waals surface area (Å²) in [4.78, 5) is 23.8. The highest BCUT2D eigenvalue weighted by atomic mass is 35.5. The average molecular weight is 470 g/mol. The zero-order valence-corrected chi connectivity index (χ0v) is 19.0. The van der Waals surface area contributed by atoms with Crippen LogP contribution in [0.1, 0.15) is 5.69 Å². The Kier molecular flexibility index (Phi) is 6.72.